The lowest BCUT2D eigenvalue weighted by molar-refractivity contribution is 0.200. The van der Waals surface area contributed by atoms with Crippen LogP contribution in [0.2, 0.25) is 0 Å². The van der Waals surface area contributed by atoms with Crippen molar-refractivity contribution in [3.05, 3.63) is 70.1 Å². The lowest BCUT2D eigenvalue weighted by atomic mass is 9.82. The van der Waals surface area contributed by atoms with E-state index in [0.29, 0.717) is 23.0 Å². The molecule has 0 radical (unpaired) electrons. The molecule has 7 nitrogen and oxygen atoms in total. The number of hydrogen-bond donors (Lipinski definition) is 2. The number of aryl methyl sites for hydroxylation is 2. The van der Waals surface area contributed by atoms with Gasteiger partial charge in [0.15, 0.2) is 11.5 Å². The second kappa shape index (κ2) is 8.79. The molecule has 2 heterocycles. The molecular formula is C27H28N4O3. The number of nitrogens with zero attached hydrogens (tertiary/aromatic N) is 2. The number of nitrogens with two attached hydrogens (primary N) is 1. The van der Waals surface area contributed by atoms with Gasteiger partial charge >= 0.3 is 0 Å². The summed E-state index contributed by atoms with van der Waals surface area (Å²) in [6, 6.07) is 14.3. The fourth-order valence-electron chi connectivity index (χ4n) is 4.84. The molecule has 1 aliphatic heterocycles. The molecule has 0 amide bonds. The third-order valence-electron chi connectivity index (χ3n) is 6.85. The molecule has 1 atom stereocenters. The van der Waals surface area contributed by atoms with Crippen molar-refractivity contribution in [2.24, 2.45) is 5.73 Å². The lowest BCUT2D eigenvalue weighted by Gasteiger charge is -2.25. The Morgan fingerprint density at radius 2 is 1.88 bits per heavy atom. The van der Waals surface area contributed by atoms with Gasteiger partial charge in [-0.2, -0.15) is 5.26 Å². The van der Waals surface area contributed by atoms with E-state index < -0.39 is 5.92 Å². The molecule has 5 rings (SSSR count). The van der Waals surface area contributed by atoms with Gasteiger partial charge in [-0.1, -0.05) is 18.2 Å². The first-order valence-electron chi connectivity index (χ1n) is 11.6. The van der Waals surface area contributed by atoms with E-state index in [2.05, 4.69) is 42.2 Å². The quantitative estimate of drug-likeness (QED) is 0.544. The SMILES string of the molecule is COc1cc(C2C(C#N)=C(N)Oc3n[nH]c(-c4ccc(C)c(C)c4)c32)ccc1OC1CCCC1. The van der Waals surface area contributed by atoms with Crippen molar-refractivity contribution < 1.29 is 14.2 Å². The van der Waals surface area contributed by atoms with Crippen molar-refractivity contribution in [3.8, 4) is 34.7 Å². The molecule has 2 aromatic carbocycles. The minimum Gasteiger partial charge on any atom is -0.493 e. The number of nitriles is 1. The van der Waals surface area contributed by atoms with E-state index in [1.807, 2.05) is 24.3 Å². The predicted molar refractivity (Wildman–Crippen MR) is 129 cm³/mol. The third-order valence-corrected chi connectivity index (χ3v) is 6.85. The summed E-state index contributed by atoms with van der Waals surface area (Å²) < 4.78 is 17.7. The highest BCUT2D eigenvalue weighted by Gasteiger charge is 2.36. The molecular weight excluding hydrogens is 428 g/mol. The fraction of sp³-hybridized carbons (Fsp3) is 0.333. The zero-order valence-electron chi connectivity index (χ0n) is 19.6. The lowest BCUT2D eigenvalue weighted by Crippen LogP contribution is -2.21. The van der Waals surface area contributed by atoms with Crippen LogP contribution in [-0.2, 0) is 0 Å². The predicted octanol–water partition coefficient (Wildman–Crippen LogP) is 5.24. The number of allylic oxidation sites excluding steroid dienone is 1. The van der Waals surface area contributed by atoms with E-state index >= 15 is 0 Å². The first kappa shape index (κ1) is 21.9. The van der Waals surface area contributed by atoms with Gasteiger partial charge in [0.05, 0.1) is 30.4 Å². The second-order valence-electron chi connectivity index (χ2n) is 8.98. The maximum absolute atomic E-state index is 10.0. The van der Waals surface area contributed by atoms with Gasteiger partial charge in [-0.3, -0.25) is 5.10 Å². The van der Waals surface area contributed by atoms with Crippen molar-refractivity contribution in [3.63, 3.8) is 0 Å². The summed E-state index contributed by atoms with van der Waals surface area (Å²) in [5, 5.41) is 17.5. The van der Waals surface area contributed by atoms with E-state index in [9.17, 15) is 5.26 Å². The largest absolute Gasteiger partial charge is 0.493 e. The number of H-pyrrole nitrogens is 1. The Balaban J connectivity index is 1.62. The van der Waals surface area contributed by atoms with Crippen molar-refractivity contribution in [2.75, 3.05) is 7.11 Å². The molecule has 3 N–H and O–H groups in total. The van der Waals surface area contributed by atoms with Crippen molar-refractivity contribution >= 4 is 0 Å². The van der Waals surface area contributed by atoms with Gasteiger partial charge < -0.3 is 19.9 Å². The maximum atomic E-state index is 10.0. The summed E-state index contributed by atoms with van der Waals surface area (Å²) in [6.07, 6.45) is 4.70. The van der Waals surface area contributed by atoms with Crippen LogP contribution in [0.1, 0.15) is 53.9 Å². The van der Waals surface area contributed by atoms with Gasteiger partial charge in [-0.25, -0.2) is 0 Å². The number of hydrogen-bond acceptors (Lipinski definition) is 6. The standard InChI is InChI=1S/C27H28N4O3/c1-15-8-9-18(12-16(15)2)25-24-23(20(14-28)26(29)34-27(24)31-30-25)17-10-11-21(22(13-17)32-3)33-19-6-4-5-7-19/h8-13,19,23H,4-7,29H2,1-3H3,(H,30,31). The Morgan fingerprint density at radius 1 is 1.09 bits per heavy atom. The maximum Gasteiger partial charge on any atom is 0.244 e. The van der Waals surface area contributed by atoms with Crippen LogP contribution < -0.4 is 19.9 Å². The van der Waals surface area contributed by atoms with E-state index in [1.165, 1.54) is 24.0 Å². The molecule has 7 heteroatoms. The zero-order valence-corrected chi connectivity index (χ0v) is 19.6. The van der Waals surface area contributed by atoms with E-state index in [-0.39, 0.29) is 12.0 Å². The number of rotatable bonds is 5. The van der Waals surface area contributed by atoms with E-state index in [4.69, 9.17) is 19.9 Å². The molecule has 2 aliphatic rings. The molecule has 1 saturated carbocycles. The van der Waals surface area contributed by atoms with Crippen LogP contribution in [0.5, 0.6) is 17.4 Å². The molecule has 34 heavy (non-hydrogen) atoms. The Morgan fingerprint density at radius 3 is 2.59 bits per heavy atom. The summed E-state index contributed by atoms with van der Waals surface area (Å²) in [4.78, 5) is 0. The second-order valence-corrected chi connectivity index (χ2v) is 8.98. The van der Waals surface area contributed by atoms with Crippen LogP contribution in [0.15, 0.2) is 47.9 Å². The Kier molecular flexibility index (Phi) is 5.66. The van der Waals surface area contributed by atoms with Gasteiger partial charge in [-0.15, -0.1) is 5.10 Å². The highest BCUT2D eigenvalue weighted by atomic mass is 16.5. The summed E-state index contributed by atoms with van der Waals surface area (Å²) in [5.74, 6) is 1.31. The van der Waals surface area contributed by atoms with Crippen LogP contribution in [0.25, 0.3) is 11.3 Å². The minimum atomic E-state index is -0.460. The fourth-order valence-corrected chi connectivity index (χ4v) is 4.84. The highest BCUT2D eigenvalue weighted by molar-refractivity contribution is 5.72. The van der Waals surface area contributed by atoms with Crippen molar-refractivity contribution in [1.29, 1.82) is 5.26 Å². The highest BCUT2D eigenvalue weighted by Crippen LogP contribution is 2.47. The summed E-state index contributed by atoms with van der Waals surface area (Å²) in [6.45, 7) is 4.15. The normalized spacial score (nSPS) is 17.8. The Bertz CT molecular complexity index is 1310. The van der Waals surface area contributed by atoms with E-state index in [1.54, 1.807) is 7.11 Å². The van der Waals surface area contributed by atoms with Gasteiger partial charge in [0, 0.05) is 5.56 Å². The Hall–Kier alpha value is -3.92. The van der Waals surface area contributed by atoms with Crippen LogP contribution in [0, 0.1) is 25.2 Å². The molecule has 1 aliphatic carbocycles. The number of ether oxygens (including phenoxy) is 3. The third kappa shape index (κ3) is 3.75. The van der Waals surface area contributed by atoms with Gasteiger partial charge in [0.2, 0.25) is 11.8 Å². The van der Waals surface area contributed by atoms with E-state index in [0.717, 1.165) is 35.2 Å². The topological polar surface area (TPSA) is 106 Å². The molecule has 3 aromatic rings. The Labute approximate surface area is 199 Å². The number of benzene rings is 2. The van der Waals surface area contributed by atoms with Gasteiger partial charge in [0.25, 0.3) is 0 Å². The van der Waals surface area contributed by atoms with Crippen molar-refractivity contribution in [1.82, 2.24) is 10.2 Å². The molecule has 0 spiro atoms. The number of fused-ring (bicyclic) bond motifs is 1. The smallest absolute Gasteiger partial charge is 0.244 e. The van der Waals surface area contributed by atoms with Crippen LogP contribution in [0.3, 0.4) is 0 Å². The first-order valence-corrected chi connectivity index (χ1v) is 11.6. The van der Waals surface area contributed by atoms with Gasteiger partial charge in [-0.05, 0) is 74.4 Å². The summed E-state index contributed by atoms with van der Waals surface area (Å²) in [7, 11) is 1.63. The number of methoxy groups -OCH3 is 1. The average molecular weight is 457 g/mol. The molecule has 1 aromatic heterocycles. The average Bonchev–Trinajstić information content (AvgIpc) is 3.50. The summed E-state index contributed by atoms with van der Waals surface area (Å²) >= 11 is 0. The summed E-state index contributed by atoms with van der Waals surface area (Å²) in [5.41, 5.74) is 12.3. The first-order chi connectivity index (χ1) is 16.5. The zero-order chi connectivity index (χ0) is 23.8. The van der Waals surface area contributed by atoms with Crippen LogP contribution >= 0.6 is 0 Å². The monoisotopic (exact) mass is 456 g/mol. The van der Waals surface area contributed by atoms with Crippen LogP contribution in [-0.4, -0.2) is 23.4 Å². The number of aromatic nitrogens is 2. The minimum absolute atomic E-state index is 0.0587. The molecule has 0 saturated heterocycles. The molecule has 0 bridgehead atoms. The van der Waals surface area contributed by atoms with Crippen LogP contribution in [0.4, 0.5) is 0 Å². The number of aromatic amines is 1. The molecule has 1 unspecified atom stereocenters. The molecule has 174 valence electrons. The number of nitrogens with one attached hydrogen (secondary N) is 1. The molecule has 1 fully saturated rings. The van der Waals surface area contributed by atoms with Crippen molar-refractivity contribution in [2.45, 2.75) is 51.6 Å². The van der Waals surface area contributed by atoms with Gasteiger partial charge in [0.1, 0.15) is 11.6 Å².